The fourth-order valence-corrected chi connectivity index (χ4v) is 2.31. The maximum atomic E-state index is 11.8. The summed E-state index contributed by atoms with van der Waals surface area (Å²) in [6, 6.07) is 4.69. The molecule has 2 aromatic rings. The summed E-state index contributed by atoms with van der Waals surface area (Å²) in [5, 5.41) is 10.2. The van der Waals surface area contributed by atoms with Gasteiger partial charge in [-0.25, -0.2) is 17.5 Å². The third kappa shape index (κ3) is 3.57. The fourth-order valence-electron chi connectivity index (χ4n) is 1.50. The monoisotopic (exact) mass is 344 g/mol. The molecule has 0 aliphatic carbocycles. The van der Waals surface area contributed by atoms with Crippen LogP contribution in [0.25, 0.3) is 0 Å². The van der Waals surface area contributed by atoms with Gasteiger partial charge in [0, 0.05) is 14.1 Å². The number of hydrogen-bond acceptors (Lipinski definition) is 8. The van der Waals surface area contributed by atoms with Gasteiger partial charge in [-0.05, 0) is 18.2 Å². The van der Waals surface area contributed by atoms with Crippen molar-refractivity contribution in [3.05, 3.63) is 45.9 Å². The number of esters is 1. The van der Waals surface area contributed by atoms with Gasteiger partial charge in [-0.15, -0.1) is 0 Å². The Kier molecular flexibility index (Phi) is 4.52. The summed E-state index contributed by atoms with van der Waals surface area (Å²) in [4.78, 5) is 21.3. The van der Waals surface area contributed by atoms with E-state index in [9.17, 15) is 23.3 Å². The van der Waals surface area contributed by atoms with Gasteiger partial charge >= 0.3 is 11.9 Å². The number of ether oxygens (including phenoxy) is 1. The molecule has 0 atom stereocenters. The van der Waals surface area contributed by atoms with Gasteiger partial charge in [0.15, 0.2) is 0 Å². The molecule has 0 aliphatic rings. The fraction of sp³-hybridized carbons (Fsp3) is 0.250. The van der Waals surface area contributed by atoms with E-state index in [1.807, 2.05) is 0 Å². The largest absolute Gasteiger partial charge is 0.452 e. The van der Waals surface area contributed by atoms with Gasteiger partial charge < -0.3 is 13.6 Å². The summed E-state index contributed by atoms with van der Waals surface area (Å²) < 4.78 is 39.2. The van der Waals surface area contributed by atoms with Crippen LogP contribution in [0, 0.1) is 10.1 Å². The SMILES string of the molecule is CN(C)S(=O)(=O)c1ccc(COC(=O)c2ccc([N+](=O)[O-])o2)o1. The standard InChI is InChI=1S/C12H12N2O8S/c1-13(2)23(18,19)11-6-3-8(21-11)7-20-12(15)9-4-5-10(22-9)14(16)17/h3-6H,7H2,1-2H3. The zero-order chi connectivity index (χ0) is 17.2. The van der Waals surface area contributed by atoms with Crippen molar-refractivity contribution in [2.24, 2.45) is 0 Å². The molecule has 0 aromatic carbocycles. The molecule has 0 saturated heterocycles. The highest BCUT2D eigenvalue weighted by Gasteiger charge is 2.22. The minimum Gasteiger partial charge on any atom is -0.452 e. The second-order valence-corrected chi connectivity index (χ2v) is 6.56. The molecule has 23 heavy (non-hydrogen) atoms. The summed E-state index contributed by atoms with van der Waals surface area (Å²) in [7, 11) is -1.02. The van der Waals surface area contributed by atoms with E-state index in [-0.39, 0.29) is 23.2 Å². The van der Waals surface area contributed by atoms with E-state index >= 15 is 0 Å². The van der Waals surface area contributed by atoms with Crippen LogP contribution in [0.3, 0.4) is 0 Å². The molecule has 0 bridgehead atoms. The van der Waals surface area contributed by atoms with Crippen LogP contribution in [0.4, 0.5) is 5.88 Å². The van der Waals surface area contributed by atoms with Crippen molar-refractivity contribution in [1.82, 2.24) is 4.31 Å². The Morgan fingerprint density at radius 2 is 1.96 bits per heavy atom. The quantitative estimate of drug-likeness (QED) is 0.436. The average Bonchev–Trinajstić information content (AvgIpc) is 3.14. The molecule has 0 fully saturated rings. The first kappa shape index (κ1) is 16.7. The number of carbonyl (C=O) groups is 1. The Labute approximate surface area is 130 Å². The normalized spacial score (nSPS) is 11.6. The lowest BCUT2D eigenvalue weighted by Crippen LogP contribution is -2.21. The van der Waals surface area contributed by atoms with Crippen LogP contribution in [0.5, 0.6) is 0 Å². The van der Waals surface area contributed by atoms with E-state index < -0.39 is 26.8 Å². The van der Waals surface area contributed by atoms with Crippen LogP contribution in [0.1, 0.15) is 16.3 Å². The third-order valence-corrected chi connectivity index (χ3v) is 4.38. The van der Waals surface area contributed by atoms with E-state index in [1.165, 1.54) is 26.2 Å². The van der Waals surface area contributed by atoms with Gasteiger partial charge in [0.25, 0.3) is 10.0 Å². The number of carbonyl (C=O) groups excluding carboxylic acids is 1. The van der Waals surface area contributed by atoms with E-state index in [1.54, 1.807) is 0 Å². The first-order valence-corrected chi connectivity index (χ1v) is 7.58. The van der Waals surface area contributed by atoms with Gasteiger partial charge in [0.1, 0.15) is 17.3 Å². The van der Waals surface area contributed by atoms with E-state index in [4.69, 9.17) is 9.15 Å². The van der Waals surface area contributed by atoms with Crippen molar-refractivity contribution in [3.8, 4) is 0 Å². The van der Waals surface area contributed by atoms with Crippen LogP contribution >= 0.6 is 0 Å². The number of hydrogen-bond donors (Lipinski definition) is 0. The molecule has 0 N–H and O–H groups in total. The minimum atomic E-state index is -3.72. The van der Waals surface area contributed by atoms with Crippen molar-refractivity contribution in [1.29, 1.82) is 0 Å². The zero-order valence-electron chi connectivity index (χ0n) is 12.1. The summed E-state index contributed by atoms with van der Waals surface area (Å²) in [5.74, 6) is -1.77. The van der Waals surface area contributed by atoms with Gasteiger partial charge in [0.05, 0.1) is 6.07 Å². The highest BCUT2D eigenvalue weighted by atomic mass is 32.2. The van der Waals surface area contributed by atoms with Gasteiger partial charge in [-0.1, -0.05) is 0 Å². The number of furan rings is 2. The van der Waals surface area contributed by atoms with Crippen LogP contribution in [0.2, 0.25) is 0 Å². The molecule has 0 unspecified atom stereocenters. The first-order chi connectivity index (χ1) is 10.7. The van der Waals surface area contributed by atoms with Crippen molar-refractivity contribution >= 4 is 21.9 Å². The van der Waals surface area contributed by atoms with Gasteiger partial charge in [-0.2, -0.15) is 0 Å². The Hall–Kier alpha value is -2.66. The van der Waals surface area contributed by atoms with Crippen molar-refractivity contribution in [2.45, 2.75) is 11.7 Å². The molecule has 0 aliphatic heterocycles. The number of nitro groups is 1. The maximum absolute atomic E-state index is 11.8. The van der Waals surface area contributed by atoms with Crippen LogP contribution in [-0.4, -0.2) is 37.7 Å². The molecule has 2 heterocycles. The van der Waals surface area contributed by atoms with E-state index in [2.05, 4.69) is 4.42 Å². The predicted molar refractivity (Wildman–Crippen MR) is 74.1 cm³/mol. The lowest BCUT2D eigenvalue weighted by Gasteiger charge is -2.07. The van der Waals surface area contributed by atoms with Crippen LogP contribution < -0.4 is 0 Å². The molecule has 0 spiro atoms. The highest BCUT2D eigenvalue weighted by molar-refractivity contribution is 7.88. The molecule has 0 saturated carbocycles. The molecular formula is C12H12N2O8S. The third-order valence-electron chi connectivity index (χ3n) is 2.69. The number of sulfonamides is 1. The number of nitrogens with zero attached hydrogens (tertiary/aromatic N) is 2. The Bertz CT molecular complexity index is 833. The molecule has 10 nitrogen and oxygen atoms in total. The highest BCUT2D eigenvalue weighted by Crippen LogP contribution is 2.19. The Morgan fingerprint density at radius 1 is 1.26 bits per heavy atom. The smallest absolute Gasteiger partial charge is 0.433 e. The van der Waals surface area contributed by atoms with Crippen LogP contribution in [-0.2, 0) is 21.4 Å². The molecule has 2 aromatic heterocycles. The van der Waals surface area contributed by atoms with Crippen molar-refractivity contribution in [2.75, 3.05) is 14.1 Å². The predicted octanol–water partition coefficient (Wildman–Crippen LogP) is 1.39. The molecule has 11 heteroatoms. The summed E-state index contributed by atoms with van der Waals surface area (Å²) >= 11 is 0. The maximum Gasteiger partial charge on any atom is 0.433 e. The van der Waals surface area contributed by atoms with Gasteiger partial charge in [0.2, 0.25) is 10.9 Å². The Balaban J connectivity index is 2.02. The van der Waals surface area contributed by atoms with Crippen molar-refractivity contribution < 1.29 is 31.7 Å². The molecule has 0 radical (unpaired) electrons. The average molecular weight is 344 g/mol. The van der Waals surface area contributed by atoms with E-state index in [0.717, 1.165) is 16.4 Å². The first-order valence-electron chi connectivity index (χ1n) is 6.14. The zero-order valence-corrected chi connectivity index (χ0v) is 12.9. The molecule has 0 amide bonds. The second-order valence-electron chi connectivity index (χ2n) is 4.48. The van der Waals surface area contributed by atoms with E-state index in [0.29, 0.717) is 0 Å². The summed E-state index contributed by atoms with van der Waals surface area (Å²) in [6.07, 6.45) is 0. The molecule has 124 valence electrons. The molecule has 2 rings (SSSR count). The van der Waals surface area contributed by atoms with Crippen LogP contribution in [0.15, 0.2) is 38.2 Å². The Morgan fingerprint density at radius 3 is 2.52 bits per heavy atom. The van der Waals surface area contributed by atoms with Gasteiger partial charge in [-0.3, -0.25) is 10.1 Å². The second kappa shape index (κ2) is 6.22. The lowest BCUT2D eigenvalue weighted by atomic mass is 10.4. The number of rotatable bonds is 6. The molecular weight excluding hydrogens is 332 g/mol. The summed E-state index contributed by atoms with van der Waals surface area (Å²) in [6.45, 7) is -0.351. The lowest BCUT2D eigenvalue weighted by molar-refractivity contribution is -0.402. The van der Waals surface area contributed by atoms with Crippen molar-refractivity contribution in [3.63, 3.8) is 0 Å². The summed E-state index contributed by atoms with van der Waals surface area (Å²) in [5.41, 5.74) is 0. The topological polar surface area (TPSA) is 133 Å². The minimum absolute atomic E-state index is 0.0971.